The van der Waals surface area contributed by atoms with Crippen LogP contribution in [-0.2, 0) is 13.0 Å². The number of rotatable bonds is 2. The molecule has 1 aliphatic heterocycles. The van der Waals surface area contributed by atoms with Crippen molar-refractivity contribution >= 4 is 17.4 Å². The number of aromatic amines is 1. The van der Waals surface area contributed by atoms with E-state index in [0.717, 1.165) is 17.7 Å². The fourth-order valence-corrected chi connectivity index (χ4v) is 2.61. The molecule has 0 saturated heterocycles. The smallest absolute Gasteiger partial charge is 0.254 e. The van der Waals surface area contributed by atoms with Gasteiger partial charge in [-0.05, 0) is 42.8 Å². The molecular formula is C23H35N3O2. The van der Waals surface area contributed by atoms with Gasteiger partial charge in [0.25, 0.3) is 5.91 Å². The van der Waals surface area contributed by atoms with Gasteiger partial charge in [-0.1, -0.05) is 33.8 Å². The topological polar surface area (TPSA) is 79.2 Å². The lowest BCUT2D eigenvalue weighted by molar-refractivity contribution is 0.0734. The average molecular weight is 386 g/mol. The minimum atomic E-state index is -0.00812. The molecule has 0 radical (unpaired) electrons. The predicted octanol–water partition coefficient (Wildman–Crippen LogP) is 5.24. The summed E-state index contributed by atoms with van der Waals surface area (Å²) in [6.07, 6.45) is 2.49. The maximum atomic E-state index is 12.5. The summed E-state index contributed by atoms with van der Waals surface area (Å²) in [6.45, 7) is 16.0. The fraction of sp³-hybridized carbons (Fsp3) is 0.391. The zero-order valence-electron chi connectivity index (χ0n) is 18.1. The molecule has 1 amide bonds. The molecule has 0 spiro atoms. The summed E-state index contributed by atoms with van der Waals surface area (Å²) in [7, 11) is 0. The number of nitrogen functional groups attached to an aromatic ring is 1. The Hall–Kier alpha value is -2.82. The van der Waals surface area contributed by atoms with Gasteiger partial charge in [-0.25, -0.2) is 0 Å². The number of aromatic nitrogens is 1. The molecule has 0 atom stereocenters. The molecule has 5 nitrogen and oxygen atoms in total. The third-order valence-corrected chi connectivity index (χ3v) is 3.81. The van der Waals surface area contributed by atoms with E-state index in [2.05, 4.69) is 11.6 Å². The summed E-state index contributed by atoms with van der Waals surface area (Å²) in [6, 6.07) is 8.79. The Kier molecular flexibility index (Phi) is 12.0. The summed E-state index contributed by atoms with van der Waals surface area (Å²) in [5.41, 5.74) is 9.61. The Morgan fingerprint density at radius 2 is 1.68 bits per heavy atom. The van der Waals surface area contributed by atoms with E-state index in [-0.39, 0.29) is 11.7 Å². The van der Waals surface area contributed by atoms with E-state index in [1.807, 2.05) is 40.7 Å². The molecule has 1 aromatic heterocycles. The van der Waals surface area contributed by atoms with Gasteiger partial charge in [0.2, 0.25) is 0 Å². The minimum absolute atomic E-state index is 0.00812. The van der Waals surface area contributed by atoms with Gasteiger partial charge in [0.1, 0.15) is 0 Å². The molecule has 0 saturated carbocycles. The Balaban J connectivity index is 0.000000930. The molecule has 2 heterocycles. The minimum Gasteiger partial charge on any atom is -0.399 e. The Morgan fingerprint density at radius 1 is 1.14 bits per heavy atom. The number of nitrogens with one attached hydrogen (secondary N) is 1. The number of Topliss-reactive ketones (excluding diaryl/α,β-unsaturated/α-hetero) is 1. The van der Waals surface area contributed by atoms with Crippen molar-refractivity contribution in [3.63, 3.8) is 0 Å². The van der Waals surface area contributed by atoms with Crippen LogP contribution < -0.4 is 5.73 Å². The summed E-state index contributed by atoms with van der Waals surface area (Å²) in [5, 5.41) is 0. The van der Waals surface area contributed by atoms with Crippen molar-refractivity contribution in [2.24, 2.45) is 0 Å². The number of fused-ring (bicyclic) bond motifs is 1. The number of nitrogens with zero attached hydrogens (tertiary/aromatic N) is 1. The first-order chi connectivity index (χ1) is 13.5. The van der Waals surface area contributed by atoms with Crippen LogP contribution in [-0.4, -0.2) is 28.1 Å². The number of amides is 1. The lowest BCUT2D eigenvalue weighted by Gasteiger charge is -2.27. The van der Waals surface area contributed by atoms with Crippen molar-refractivity contribution in [3.05, 3.63) is 65.5 Å². The predicted molar refractivity (Wildman–Crippen MR) is 119 cm³/mol. The highest BCUT2D eigenvalue weighted by molar-refractivity contribution is 5.95. The van der Waals surface area contributed by atoms with E-state index in [4.69, 9.17) is 5.73 Å². The van der Waals surface area contributed by atoms with Gasteiger partial charge in [0, 0.05) is 43.4 Å². The van der Waals surface area contributed by atoms with Crippen molar-refractivity contribution in [1.29, 1.82) is 0 Å². The number of hydrogen-bond donors (Lipinski definition) is 2. The van der Waals surface area contributed by atoms with Crippen LogP contribution in [0.15, 0.2) is 43.0 Å². The Morgan fingerprint density at radius 3 is 2.18 bits per heavy atom. The number of carbonyl (C=O) groups excluding carboxylic acids is 2. The summed E-state index contributed by atoms with van der Waals surface area (Å²) < 4.78 is 0. The van der Waals surface area contributed by atoms with Gasteiger partial charge in [0.15, 0.2) is 5.78 Å². The van der Waals surface area contributed by atoms with Gasteiger partial charge >= 0.3 is 0 Å². The molecule has 28 heavy (non-hydrogen) atoms. The first kappa shape index (κ1) is 25.2. The van der Waals surface area contributed by atoms with E-state index in [9.17, 15) is 9.59 Å². The van der Waals surface area contributed by atoms with Crippen molar-refractivity contribution in [2.45, 2.75) is 54.5 Å². The maximum absolute atomic E-state index is 12.5. The van der Waals surface area contributed by atoms with E-state index in [1.54, 1.807) is 35.2 Å². The third-order valence-electron chi connectivity index (χ3n) is 3.81. The molecule has 3 N–H and O–H groups in total. The lowest BCUT2D eigenvalue weighted by Crippen LogP contribution is -2.35. The number of carbonyl (C=O) groups is 2. The van der Waals surface area contributed by atoms with Crippen LogP contribution in [0.4, 0.5) is 5.69 Å². The monoisotopic (exact) mass is 385 g/mol. The third kappa shape index (κ3) is 7.06. The maximum Gasteiger partial charge on any atom is 0.254 e. The van der Waals surface area contributed by atoms with E-state index in [0.29, 0.717) is 30.0 Å². The second kappa shape index (κ2) is 13.4. The van der Waals surface area contributed by atoms with Gasteiger partial charge in [-0.2, -0.15) is 0 Å². The van der Waals surface area contributed by atoms with Crippen LogP contribution in [0.1, 0.15) is 73.6 Å². The number of H-pyrrole nitrogens is 1. The molecule has 1 aliphatic rings. The lowest BCUT2D eigenvalue weighted by atomic mass is 10.1. The number of ketones is 1. The molecule has 0 bridgehead atoms. The van der Waals surface area contributed by atoms with Crippen LogP contribution in [0.2, 0.25) is 0 Å². The zero-order chi connectivity index (χ0) is 21.7. The standard InChI is InChI=1S/C16H17N3O2.C3H6.2C2H6/c1-10(20)15-8-12-9-19(7-6-14(12)18-15)16(21)11-2-4-13(17)5-3-11;1-3-2;2*1-2/h2-5,8,18H,6-7,9,17H2,1H3;3H,1H2,2H3;2*1-2H3. The van der Waals surface area contributed by atoms with Crippen LogP contribution >= 0.6 is 0 Å². The normalized spacial score (nSPS) is 11.3. The van der Waals surface area contributed by atoms with Gasteiger partial charge in [-0.15, -0.1) is 6.58 Å². The molecule has 3 rings (SSSR count). The molecular weight excluding hydrogens is 350 g/mol. The van der Waals surface area contributed by atoms with Gasteiger partial charge < -0.3 is 15.6 Å². The Bertz CT molecular complexity index is 746. The molecule has 0 aliphatic carbocycles. The Labute approximate surface area is 169 Å². The van der Waals surface area contributed by atoms with Crippen LogP contribution in [0.5, 0.6) is 0 Å². The van der Waals surface area contributed by atoms with E-state index in [1.165, 1.54) is 6.92 Å². The van der Waals surface area contributed by atoms with E-state index >= 15 is 0 Å². The first-order valence-corrected chi connectivity index (χ1v) is 9.89. The quantitative estimate of drug-likeness (QED) is 0.421. The number of nitrogens with two attached hydrogens (primary N) is 1. The van der Waals surface area contributed by atoms with Gasteiger partial charge in [0.05, 0.1) is 5.69 Å². The second-order valence-electron chi connectivity index (χ2n) is 5.75. The number of anilines is 1. The summed E-state index contributed by atoms with van der Waals surface area (Å²) in [4.78, 5) is 28.8. The highest BCUT2D eigenvalue weighted by Crippen LogP contribution is 2.22. The molecule has 0 fully saturated rings. The molecule has 5 heteroatoms. The molecule has 0 unspecified atom stereocenters. The number of hydrogen-bond acceptors (Lipinski definition) is 3. The average Bonchev–Trinajstić information content (AvgIpc) is 3.15. The molecule has 154 valence electrons. The summed E-state index contributed by atoms with van der Waals surface area (Å²) >= 11 is 0. The van der Waals surface area contributed by atoms with Crippen molar-refractivity contribution in [1.82, 2.24) is 9.88 Å². The van der Waals surface area contributed by atoms with Crippen molar-refractivity contribution < 1.29 is 9.59 Å². The fourth-order valence-electron chi connectivity index (χ4n) is 2.61. The van der Waals surface area contributed by atoms with Gasteiger partial charge in [-0.3, -0.25) is 9.59 Å². The molecule has 1 aromatic carbocycles. The SMILES string of the molecule is C=CC.CC.CC.CC(=O)c1cc2c([nH]1)CCN(C(=O)c1ccc(N)cc1)C2. The summed E-state index contributed by atoms with van der Waals surface area (Å²) in [5.74, 6) is 0.00651. The number of benzene rings is 1. The van der Waals surface area contributed by atoms with Crippen LogP contribution in [0.25, 0.3) is 0 Å². The van der Waals surface area contributed by atoms with E-state index < -0.39 is 0 Å². The second-order valence-corrected chi connectivity index (χ2v) is 5.75. The zero-order valence-corrected chi connectivity index (χ0v) is 18.1. The molecule has 2 aromatic rings. The number of allylic oxidation sites excluding steroid dienone is 1. The first-order valence-electron chi connectivity index (χ1n) is 9.89. The highest BCUT2D eigenvalue weighted by atomic mass is 16.2. The van der Waals surface area contributed by atoms with Crippen LogP contribution in [0, 0.1) is 0 Å². The highest BCUT2D eigenvalue weighted by Gasteiger charge is 2.24. The van der Waals surface area contributed by atoms with Crippen molar-refractivity contribution in [3.8, 4) is 0 Å². The largest absolute Gasteiger partial charge is 0.399 e. The van der Waals surface area contributed by atoms with Crippen molar-refractivity contribution in [2.75, 3.05) is 12.3 Å². The van der Waals surface area contributed by atoms with Crippen LogP contribution in [0.3, 0.4) is 0 Å².